The lowest BCUT2D eigenvalue weighted by Crippen LogP contribution is -2.51. The Balaban J connectivity index is 2.18. The van der Waals surface area contributed by atoms with Crippen LogP contribution >= 0.6 is 0 Å². The summed E-state index contributed by atoms with van der Waals surface area (Å²) in [5.74, 6) is 0. The topological polar surface area (TPSA) is 35.6 Å². The largest absolute Gasteiger partial charge is 0.325 e. The second-order valence-corrected chi connectivity index (χ2v) is 4.17. The van der Waals surface area contributed by atoms with Gasteiger partial charge in [0.2, 0.25) is 0 Å². The average Bonchev–Trinajstić information content (AvgIpc) is 2.33. The van der Waals surface area contributed by atoms with Crippen molar-refractivity contribution in [3.05, 3.63) is 0 Å². The number of urea groups is 1. The maximum Gasteiger partial charge on any atom is 0.320 e. The fourth-order valence-electron chi connectivity index (χ4n) is 2.46. The number of hydrogen-bond donors (Lipinski definition) is 1. The van der Waals surface area contributed by atoms with Gasteiger partial charge in [-0.25, -0.2) is 4.79 Å². The van der Waals surface area contributed by atoms with Crippen LogP contribution in [0.1, 0.15) is 12.8 Å². The van der Waals surface area contributed by atoms with Gasteiger partial charge in [0, 0.05) is 20.6 Å². The molecule has 0 aromatic heterocycles. The van der Waals surface area contributed by atoms with Gasteiger partial charge in [-0.15, -0.1) is 0 Å². The summed E-state index contributed by atoms with van der Waals surface area (Å²) in [6.07, 6.45) is 2.17. The molecule has 2 amide bonds. The zero-order valence-corrected chi connectivity index (χ0v) is 8.34. The molecule has 0 aromatic carbocycles. The van der Waals surface area contributed by atoms with Crippen molar-refractivity contribution in [1.29, 1.82) is 0 Å². The van der Waals surface area contributed by atoms with Gasteiger partial charge in [-0.2, -0.15) is 0 Å². The second kappa shape index (κ2) is 2.87. The number of piperidine rings is 1. The molecule has 13 heavy (non-hydrogen) atoms. The Morgan fingerprint density at radius 2 is 1.92 bits per heavy atom. The van der Waals surface area contributed by atoms with Crippen molar-refractivity contribution >= 4 is 6.03 Å². The standard InChI is InChI=1S/C9H17N3O/c1-11-7-9(12(2)8(11)13)3-5-10-6-4-9/h10H,3-7H2,1-2H3. The van der Waals surface area contributed by atoms with Crippen molar-refractivity contribution in [2.75, 3.05) is 33.7 Å². The monoisotopic (exact) mass is 183 g/mol. The minimum absolute atomic E-state index is 0.122. The van der Waals surface area contributed by atoms with Crippen molar-refractivity contribution < 1.29 is 4.79 Å². The average molecular weight is 183 g/mol. The molecule has 4 heteroatoms. The van der Waals surface area contributed by atoms with Crippen LogP contribution in [-0.4, -0.2) is 55.1 Å². The molecule has 2 rings (SSSR count). The lowest BCUT2D eigenvalue weighted by molar-refractivity contribution is 0.148. The molecular weight excluding hydrogens is 166 g/mol. The summed E-state index contributed by atoms with van der Waals surface area (Å²) in [6, 6.07) is 0.168. The van der Waals surface area contributed by atoms with Crippen LogP contribution in [0.5, 0.6) is 0 Å². The van der Waals surface area contributed by atoms with Crippen LogP contribution in [-0.2, 0) is 0 Å². The van der Waals surface area contributed by atoms with Gasteiger partial charge in [-0.3, -0.25) is 0 Å². The first kappa shape index (κ1) is 8.81. The van der Waals surface area contributed by atoms with Crippen LogP contribution < -0.4 is 5.32 Å². The number of nitrogens with zero attached hydrogens (tertiary/aromatic N) is 2. The van der Waals surface area contributed by atoms with E-state index in [0.29, 0.717) is 0 Å². The second-order valence-electron chi connectivity index (χ2n) is 4.17. The lowest BCUT2D eigenvalue weighted by Gasteiger charge is -2.38. The first-order valence-corrected chi connectivity index (χ1v) is 4.85. The third-order valence-electron chi connectivity index (χ3n) is 3.39. The van der Waals surface area contributed by atoms with Gasteiger partial charge in [-0.1, -0.05) is 0 Å². The molecule has 0 saturated carbocycles. The molecule has 4 nitrogen and oxygen atoms in total. The van der Waals surface area contributed by atoms with Gasteiger partial charge in [-0.05, 0) is 25.9 Å². The van der Waals surface area contributed by atoms with Crippen molar-refractivity contribution in [3.8, 4) is 0 Å². The molecule has 1 spiro atoms. The predicted molar refractivity (Wildman–Crippen MR) is 50.6 cm³/mol. The third kappa shape index (κ3) is 1.20. The molecule has 2 aliphatic rings. The molecule has 1 N–H and O–H groups in total. The van der Waals surface area contributed by atoms with E-state index < -0.39 is 0 Å². The summed E-state index contributed by atoms with van der Waals surface area (Å²) in [5, 5.41) is 3.33. The molecule has 2 aliphatic heterocycles. The smallest absolute Gasteiger partial charge is 0.320 e. The minimum Gasteiger partial charge on any atom is -0.325 e. The van der Waals surface area contributed by atoms with E-state index in [4.69, 9.17) is 0 Å². The minimum atomic E-state index is 0.122. The highest BCUT2D eigenvalue weighted by molar-refractivity contribution is 5.77. The number of carbonyl (C=O) groups excluding carboxylic acids is 1. The summed E-state index contributed by atoms with van der Waals surface area (Å²) in [6.45, 7) is 2.96. The third-order valence-corrected chi connectivity index (χ3v) is 3.39. The summed E-state index contributed by atoms with van der Waals surface area (Å²) in [5.41, 5.74) is 0.122. The van der Waals surface area contributed by atoms with Gasteiger partial charge >= 0.3 is 6.03 Å². The van der Waals surface area contributed by atoms with Gasteiger partial charge in [0.25, 0.3) is 0 Å². The van der Waals surface area contributed by atoms with Crippen LogP contribution in [0.2, 0.25) is 0 Å². The van der Waals surface area contributed by atoms with Crippen molar-refractivity contribution in [1.82, 2.24) is 15.1 Å². The van der Waals surface area contributed by atoms with E-state index in [1.165, 1.54) is 0 Å². The van der Waals surface area contributed by atoms with Crippen molar-refractivity contribution in [2.45, 2.75) is 18.4 Å². The summed E-state index contributed by atoms with van der Waals surface area (Å²) >= 11 is 0. The van der Waals surface area contributed by atoms with E-state index in [1.807, 2.05) is 23.9 Å². The van der Waals surface area contributed by atoms with E-state index in [-0.39, 0.29) is 11.6 Å². The normalized spacial score (nSPS) is 27.4. The van der Waals surface area contributed by atoms with Gasteiger partial charge in [0.15, 0.2) is 0 Å². The summed E-state index contributed by atoms with van der Waals surface area (Å²) in [4.78, 5) is 15.4. The number of hydrogen-bond acceptors (Lipinski definition) is 2. The van der Waals surface area contributed by atoms with E-state index in [2.05, 4.69) is 5.32 Å². The molecule has 0 unspecified atom stereocenters. The first-order chi connectivity index (χ1) is 6.16. The van der Waals surface area contributed by atoms with Crippen LogP contribution in [0.25, 0.3) is 0 Å². The van der Waals surface area contributed by atoms with E-state index >= 15 is 0 Å². The molecule has 0 atom stereocenters. The van der Waals surface area contributed by atoms with Crippen LogP contribution in [0.4, 0.5) is 4.79 Å². The Labute approximate surface area is 78.9 Å². The van der Waals surface area contributed by atoms with Gasteiger partial charge in [0.05, 0.1) is 5.54 Å². The zero-order chi connectivity index (χ0) is 9.47. The van der Waals surface area contributed by atoms with Crippen molar-refractivity contribution in [2.24, 2.45) is 0 Å². The van der Waals surface area contributed by atoms with Crippen molar-refractivity contribution in [3.63, 3.8) is 0 Å². The van der Waals surface area contributed by atoms with E-state index in [1.54, 1.807) is 0 Å². The molecule has 2 fully saturated rings. The fraction of sp³-hybridized carbons (Fsp3) is 0.889. The van der Waals surface area contributed by atoms with Gasteiger partial charge < -0.3 is 15.1 Å². The molecule has 0 aliphatic carbocycles. The molecule has 2 saturated heterocycles. The van der Waals surface area contributed by atoms with Crippen LogP contribution in [0.3, 0.4) is 0 Å². The highest BCUT2D eigenvalue weighted by Crippen LogP contribution is 2.31. The number of nitrogens with one attached hydrogen (secondary N) is 1. The number of rotatable bonds is 0. The Morgan fingerprint density at radius 3 is 2.38 bits per heavy atom. The first-order valence-electron chi connectivity index (χ1n) is 4.85. The Hall–Kier alpha value is -0.770. The van der Waals surface area contributed by atoms with E-state index in [9.17, 15) is 4.79 Å². The van der Waals surface area contributed by atoms with Crippen LogP contribution in [0, 0.1) is 0 Å². The summed E-state index contributed by atoms with van der Waals surface area (Å²) < 4.78 is 0. The molecule has 74 valence electrons. The molecule has 2 heterocycles. The Morgan fingerprint density at radius 1 is 1.31 bits per heavy atom. The van der Waals surface area contributed by atoms with Gasteiger partial charge in [0.1, 0.15) is 0 Å². The Bertz CT molecular complexity index is 223. The molecule has 0 bridgehead atoms. The quantitative estimate of drug-likeness (QED) is 0.578. The van der Waals surface area contributed by atoms with E-state index in [0.717, 1.165) is 32.5 Å². The molecular formula is C9H17N3O. The lowest BCUT2D eigenvalue weighted by atomic mass is 9.88. The molecule has 0 aromatic rings. The maximum atomic E-state index is 11.6. The highest BCUT2D eigenvalue weighted by Gasteiger charge is 2.46. The number of amides is 2. The highest BCUT2D eigenvalue weighted by atomic mass is 16.2. The zero-order valence-electron chi connectivity index (χ0n) is 8.34. The van der Waals surface area contributed by atoms with Crippen LogP contribution in [0.15, 0.2) is 0 Å². The maximum absolute atomic E-state index is 11.6. The molecule has 0 radical (unpaired) electrons. The number of carbonyl (C=O) groups is 1. The SMILES string of the molecule is CN1CC2(CCNCC2)N(C)C1=O. The Kier molecular flexibility index (Phi) is 1.95. The summed E-state index contributed by atoms with van der Waals surface area (Å²) in [7, 11) is 3.81. The fourth-order valence-corrected chi connectivity index (χ4v) is 2.46. The number of likely N-dealkylation sites (N-methyl/N-ethyl adjacent to an activating group) is 2. The predicted octanol–water partition coefficient (Wildman–Crippen LogP) is 0.106.